The van der Waals surface area contributed by atoms with Crippen molar-refractivity contribution in [1.82, 2.24) is 19.1 Å². The summed E-state index contributed by atoms with van der Waals surface area (Å²) in [6.45, 7) is 0. The zero-order valence-electron chi connectivity index (χ0n) is 32.8. The van der Waals surface area contributed by atoms with E-state index in [0.29, 0.717) is 5.95 Å². The number of para-hydroxylation sites is 3. The van der Waals surface area contributed by atoms with Crippen LogP contribution < -0.4 is 0 Å². The molecule has 0 amide bonds. The van der Waals surface area contributed by atoms with E-state index in [-0.39, 0.29) is 0 Å². The smallest absolute Gasteiger partial charge is 0.235 e. The molecule has 0 fully saturated rings. The lowest BCUT2D eigenvalue weighted by Gasteiger charge is -2.13. The van der Waals surface area contributed by atoms with Gasteiger partial charge in [0, 0.05) is 43.6 Å². The fourth-order valence-corrected chi connectivity index (χ4v) is 9.62. The molecule has 13 aromatic rings. The Morgan fingerprint density at radius 2 is 0.967 bits per heavy atom. The van der Waals surface area contributed by atoms with Gasteiger partial charge >= 0.3 is 0 Å². The maximum atomic E-state index is 6.58. The minimum atomic E-state index is 0.603. The highest BCUT2D eigenvalue weighted by Gasteiger charge is 2.25. The van der Waals surface area contributed by atoms with Gasteiger partial charge in [0.15, 0.2) is 0 Å². The highest BCUT2D eigenvalue weighted by Crippen LogP contribution is 2.46. The van der Waals surface area contributed by atoms with Crippen LogP contribution >= 0.6 is 0 Å². The molecule has 0 aliphatic carbocycles. The molecule has 0 saturated carbocycles. The first-order valence-electron chi connectivity index (χ1n) is 20.7. The van der Waals surface area contributed by atoms with E-state index in [4.69, 9.17) is 14.4 Å². The summed E-state index contributed by atoms with van der Waals surface area (Å²) >= 11 is 0. The highest BCUT2D eigenvalue weighted by molar-refractivity contribution is 6.31. The molecule has 9 aromatic carbocycles. The second kappa shape index (κ2) is 13.1. The SMILES string of the molecule is c1ccc(-c2ccc(-c3nc(-n4c5ccc6c7ccccc7n(-c7cccc(-c8ccccc8)c7)c6c5c5ccc6oc7ccccc7c6c54)nc4ccccc34)cc2)cc1. The fraction of sp³-hybridized carbons (Fsp3) is 0. The zero-order valence-corrected chi connectivity index (χ0v) is 32.8. The molecule has 4 aromatic heterocycles. The number of hydrogen-bond donors (Lipinski definition) is 0. The van der Waals surface area contributed by atoms with E-state index in [1.807, 2.05) is 12.1 Å². The van der Waals surface area contributed by atoms with E-state index in [9.17, 15) is 0 Å². The van der Waals surface area contributed by atoms with Crippen LogP contribution in [0.15, 0.2) is 211 Å². The Morgan fingerprint density at radius 3 is 1.79 bits per heavy atom. The van der Waals surface area contributed by atoms with Crippen molar-refractivity contribution in [2.24, 2.45) is 0 Å². The summed E-state index contributed by atoms with van der Waals surface area (Å²) in [6, 6.07) is 73.0. The number of benzene rings is 9. The third kappa shape index (κ3) is 5.08. The van der Waals surface area contributed by atoms with Crippen LogP contribution in [0.3, 0.4) is 0 Å². The van der Waals surface area contributed by atoms with Crippen LogP contribution in [0.4, 0.5) is 0 Å². The van der Waals surface area contributed by atoms with Gasteiger partial charge in [-0.2, -0.15) is 0 Å². The molecule has 0 aliphatic heterocycles. The minimum Gasteiger partial charge on any atom is -0.456 e. The molecule has 0 atom stereocenters. The Hall–Kier alpha value is -8.28. The predicted octanol–water partition coefficient (Wildman–Crippen LogP) is 14.7. The second-order valence-electron chi connectivity index (χ2n) is 15.7. The molecule has 284 valence electrons. The van der Waals surface area contributed by atoms with Gasteiger partial charge in [-0.05, 0) is 70.8 Å². The third-order valence-electron chi connectivity index (χ3n) is 12.3. The Kier molecular flexibility index (Phi) is 7.24. The van der Waals surface area contributed by atoms with E-state index in [2.05, 4.69) is 203 Å². The molecule has 13 rings (SSSR count). The number of furan rings is 1. The highest BCUT2D eigenvalue weighted by atomic mass is 16.3. The largest absolute Gasteiger partial charge is 0.456 e. The molecule has 0 bridgehead atoms. The van der Waals surface area contributed by atoms with Gasteiger partial charge in [-0.15, -0.1) is 0 Å². The van der Waals surface area contributed by atoms with Crippen LogP contribution in [0.2, 0.25) is 0 Å². The first-order chi connectivity index (χ1) is 30.3. The fourth-order valence-electron chi connectivity index (χ4n) is 9.62. The average Bonchev–Trinajstić information content (AvgIpc) is 3.99. The monoisotopic (exact) mass is 778 g/mol. The van der Waals surface area contributed by atoms with E-state index in [0.717, 1.165) is 88.2 Å². The summed E-state index contributed by atoms with van der Waals surface area (Å²) in [7, 11) is 0. The van der Waals surface area contributed by atoms with Crippen molar-refractivity contribution in [3.8, 4) is 45.1 Å². The van der Waals surface area contributed by atoms with Crippen molar-refractivity contribution in [2.75, 3.05) is 0 Å². The summed E-state index contributed by atoms with van der Waals surface area (Å²) in [5.41, 5.74) is 14.6. The third-order valence-corrected chi connectivity index (χ3v) is 12.3. The standard InChI is InChI=1S/C56H34N4O/c1-3-14-35(15-4-1)37-26-28-38(29-27-37)53-43-21-7-10-23-46(43)57-56(58-53)60-48-32-30-42-41-20-8-11-24-47(41)59(40-19-13-18-39(34-40)36-16-5-2-6-17-36)54(42)51(48)45-31-33-50-52(55(45)60)44-22-9-12-25-49(44)61-50/h1-34H. The van der Waals surface area contributed by atoms with Crippen molar-refractivity contribution in [3.05, 3.63) is 206 Å². The normalized spacial score (nSPS) is 11.9. The zero-order chi connectivity index (χ0) is 40.0. The van der Waals surface area contributed by atoms with Crippen molar-refractivity contribution < 1.29 is 4.42 Å². The molecule has 61 heavy (non-hydrogen) atoms. The quantitative estimate of drug-likeness (QED) is 0.175. The van der Waals surface area contributed by atoms with Crippen LogP contribution in [0.5, 0.6) is 0 Å². The number of rotatable bonds is 5. The molecule has 0 radical (unpaired) electrons. The van der Waals surface area contributed by atoms with E-state index < -0.39 is 0 Å². The summed E-state index contributed by atoms with van der Waals surface area (Å²) in [6.07, 6.45) is 0. The average molecular weight is 779 g/mol. The molecule has 5 nitrogen and oxygen atoms in total. The maximum Gasteiger partial charge on any atom is 0.235 e. The Bertz CT molecular complexity index is 3860. The lowest BCUT2D eigenvalue weighted by molar-refractivity contribution is 0.669. The van der Waals surface area contributed by atoms with E-state index >= 15 is 0 Å². The summed E-state index contributed by atoms with van der Waals surface area (Å²) in [4.78, 5) is 11.0. The lowest BCUT2D eigenvalue weighted by atomic mass is 10.0. The van der Waals surface area contributed by atoms with Crippen LogP contribution in [0.1, 0.15) is 0 Å². The van der Waals surface area contributed by atoms with Gasteiger partial charge in [0.25, 0.3) is 0 Å². The van der Waals surface area contributed by atoms with Crippen LogP contribution in [-0.2, 0) is 0 Å². The topological polar surface area (TPSA) is 48.8 Å². The van der Waals surface area contributed by atoms with E-state index in [1.54, 1.807) is 0 Å². The molecule has 0 aliphatic rings. The van der Waals surface area contributed by atoms with Gasteiger partial charge in [0.05, 0.1) is 38.7 Å². The number of aromatic nitrogens is 4. The summed E-state index contributed by atoms with van der Waals surface area (Å²) in [5, 5.41) is 7.71. The molecular formula is C56H34N4O. The van der Waals surface area contributed by atoms with Crippen molar-refractivity contribution >= 4 is 76.5 Å². The number of hydrogen-bond acceptors (Lipinski definition) is 3. The Balaban J connectivity index is 1.16. The van der Waals surface area contributed by atoms with Gasteiger partial charge in [-0.1, -0.05) is 158 Å². The number of nitrogens with zero attached hydrogens (tertiary/aromatic N) is 4. The first kappa shape index (κ1) is 33.7. The second-order valence-corrected chi connectivity index (χ2v) is 15.7. The van der Waals surface area contributed by atoms with Gasteiger partial charge in [-0.3, -0.25) is 4.57 Å². The molecule has 0 spiro atoms. The molecular weight excluding hydrogens is 745 g/mol. The molecule has 4 heterocycles. The van der Waals surface area contributed by atoms with Gasteiger partial charge in [0.2, 0.25) is 5.95 Å². The maximum absolute atomic E-state index is 6.58. The van der Waals surface area contributed by atoms with E-state index in [1.165, 1.54) is 27.5 Å². The number of fused-ring (bicyclic) bond motifs is 12. The van der Waals surface area contributed by atoms with Crippen LogP contribution in [0, 0.1) is 0 Å². The Labute approximate surface area is 350 Å². The van der Waals surface area contributed by atoms with Gasteiger partial charge in [0.1, 0.15) is 11.2 Å². The Morgan fingerprint density at radius 1 is 0.344 bits per heavy atom. The summed E-state index contributed by atoms with van der Waals surface area (Å²) < 4.78 is 11.3. The minimum absolute atomic E-state index is 0.603. The summed E-state index contributed by atoms with van der Waals surface area (Å²) in [5.74, 6) is 0.603. The van der Waals surface area contributed by atoms with Crippen molar-refractivity contribution in [2.45, 2.75) is 0 Å². The molecule has 0 N–H and O–H groups in total. The van der Waals surface area contributed by atoms with Crippen LogP contribution in [-0.4, -0.2) is 19.1 Å². The molecule has 5 heteroatoms. The first-order valence-corrected chi connectivity index (χ1v) is 20.7. The van der Waals surface area contributed by atoms with Crippen LogP contribution in [0.25, 0.3) is 122 Å². The predicted molar refractivity (Wildman–Crippen MR) is 252 cm³/mol. The van der Waals surface area contributed by atoms with Crippen molar-refractivity contribution in [1.29, 1.82) is 0 Å². The van der Waals surface area contributed by atoms with Gasteiger partial charge in [-0.25, -0.2) is 9.97 Å². The lowest BCUT2D eigenvalue weighted by Crippen LogP contribution is -2.03. The molecule has 0 saturated heterocycles. The van der Waals surface area contributed by atoms with Crippen molar-refractivity contribution in [3.63, 3.8) is 0 Å². The van der Waals surface area contributed by atoms with Gasteiger partial charge < -0.3 is 8.98 Å². The molecule has 0 unspecified atom stereocenters.